The van der Waals surface area contributed by atoms with Gasteiger partial charge in [-0.2, -0.15) is 0 Å². The molecule has 0 aliphatic carbocycles. The van der Waals surface area contributed by atoms with Gasteiger partial charge in [0.2, 0.25) is 5.91 Å². The van der Waals surface area contributed by atoms with Gasteiger partial charge < -0.3 is 9.84 Å². The van der Waals surface area contributed by atoms with Crippen LogP contribution in [0.1, 0.15) is 43.2 Å². The molecule has 0 aliphatic heterocycles. The SMILES string of the molecule is CCCCC(=O)NCc1c(C)noc1C. The highest BCUT2D eigenvalue weighted by molar-refractivity contribution is 5.75. The number of carbonyl (C=O) groups is 1. The molecule has 84 valence electrons. The van der Waals surface area contributed by atoms with Crippen molar-refractivity contribution < 1.29 is 9.32 Å². The molecule has 1 rings (SSSR count). The molecule has 0 radical (unpaired) electrons. The first kappa shape index (κ1) is 11.8. The van der Waals surface area contributed by atoms with E-state index in [-0.39, 0.29) is 5.91 Å². The van der Waals surface area contributed by atoms with Crippen LogP contribution in [0.15, 0.2) is 4.52 Å². The summed E-state index contributed by atoms with van der Waals surface area (Å²) >= 11 is 0. The summed E-state index contributed by atoms with van der Waals surface area (Å²) < 4.78 is 5.01. The number of aryl methyl sites for hydroxylation is 2. The molecule has 4 nitrogen and oxygen atoms in total. The second kappa shape index (κ2) is 5.53. The minimum atomic E-state index is 0.0943. The summed E-state index contributed by atoms with van der Waals surface area (Å²) in [5.41, 5.74) is 1.84. The lowest BCUT2D eigenvalue weighted by Crippen LogP contribution is -2.22. The van der Waals surface area contributed by atoms with Crippen molar-refractivity contribution in [2.75, 3.05) is 0 Å². The van der Waals surface area contributed by atoms with Gasteiger partial charge in [-0.15, -0.1) is 0 Å². The highest BCUT2D eigenvalue weighted by Gasteiger charge is 2.09. The number of hydrogen-bond donors (Lipinski definition) is 1. The second-order valence-corrected chi connectivity index (χ2v) is 3.68. The molecular weight excluding hydrogens is 192 g/mol. The number of amides is 1. The Morgan fingerprint density at radius 3 is 2.73 bits per heavy atom. The normalized spacial score (nSPS) is 10.3. The largest absolute Gasteiger partial charge is 0.361 e. The van der Waals surface area contributed by atoms with Gasteiger partial charge in [-0.25, -0.2) is 0 Å². The predicted molar refractivity (Wildman–Crippen MR) is 57.3 cm³/mol. The first-order chi connectivity index (χ1) is 7.15. The third-order valence-electron chi connectivity index (χ3n) is 2.40. The lowest BCUT2D eigenvalue weighted by Gasteiger charge is -2.03. The molecule has 0 fully saturated rings. The monoisotopic (exact) mass is 210 g/mol. The fourth-order valence-electron chi connectivity index (χ4n) is 1.37. The van der Waals surface area contributed by atoms with E-state index in [1.54, 1.807) is 0 Å². The van der Waals surface area contributed by atoms with Crippen molar-refractivity contribution >= 4 is 5.91 Å². The topological polar surface area (TPSA) is 55.1 Å². The van der Waals surface area contributed by atoms with Crippen molar-refractivity contribution in [3.63, 3.8) is 0 Å². The molecule has 0 unspecified atom stereocenters. The quantitative estimate of drug-likeness (QED) is 0.809. The van der Waals surface area contributed by atoms with Crippen LogP contribution in [-0.2, 0) is 11.3 Å². The maximum Gasteiger partial charge on any atom is 0.220 e. The number of carbonyl (C=O) groups excluding carboxylic acids is 1. The minimum absolute atomic E-state index is 0.0943. The summed E-state index contributed by atoms with van der Waals surface area (Å²) in [4.78, 5) is 11.4. The van der Waals surface area contributed by atoms with Crippen molar-refractivity contribution in [3.05, 3.63) is 17.0 Å². The Labute approximate surface area is 90.0 Å². The molecule has 0 saturated carbocycles. The van der Waals surface area contributed by atoms with E-state index >= 15 is 0 Å². The smallest absolute Gasteiger partial charge is 0.220 e. The van der Waals surface area contributed by atoms with Crippen molar-refractivity contribution in [1.82, 2.24) is 10.5 Å². The zero-order valence-corrected chi connectivity index (χ0v) is 9.59. The maximum absolute atomic E-state index is 11.4. The Morgan fingerprint density at radius 1 is 1.47 bits per heavy atom. The Balaban J connectivity index is 2.40. The van der Waals surface area contributed by atoms with Crippen molar-refractivity contribution in [1.29, 1.82) is 0 Å². The lowest BCUT2D eigenvalue weighted by atomic mass is 10.2. The van der Waals surface area contributed by atoms with Gasteiger partial charge in [0, 0.05) is 18.5 Å². The summed E-state index contributed by atoms with van der Waals surface area (Å²) in [5.74, 6) is 0.875. The minimum Gasteiger partial charge on any atom is -0.361 e. The molecule has 1 heterocycles. The van der Waals surface area contributed by atoms with Crippen LogP contribution in [0.3, 0.4) is 0 Å². The summed E-state index contributed by atoms with van der Waals surface area (Å²) in [6, 6.07) is 0. The Bertz CT molecular complexity index is 312. The average Bonchev–Trinajstić information content (AvgIpc) is 2.53. The zero-order chi connectivity index (χ0) is 11.3. The van der Waals surface area contributed by atoms with E-state index in [4.69, 9.17) is 4.52 Å². The average molecular weight is 210 g/mol. The van der Waals surface area contributed by atoms with E-state index < -0.39 is 0 Å². The maximum atomic E-state index is 11.4. The summed E-state index contributed by atoms with van der Waals surface area (Å²) in [7, 11) is 0. The predicted octanol–water partition coefficient (Wildman–Crippen LogP) is 2.10. The molecule has 4 heteroatoms. The summed E-state index contributed by atoms with van der Waals surface area (Å²) in [5, 5.41) is 6.69. The number of unbranched alkanes of at least 4 members (excludes halogenated alkanes) is 1. The highest BCUT2D eigenvalue weighted by atomic mass is 16.5. The van der Waals surface area contributed by atoms with Crippen molar-refractivity contribution in [2.24, 2.45) is 0 Å². The van der Waals surface area contributed by atoms with Gasteiger partial charge in [0.05, 0.1) is 5.69 Å². The Hall–Kier alpha value is -1.32. The number of nitrogens with one attached hydrogen (secondary N) is 1. The lowest BCUT2D eigenvalue weighted by molar-refractivity contribution is -0.121. The standard InChI is InChI=1S/C11H18N2O2/c1-4-5-6-11(14)12-7-10-8(2)13-15-9(10)3/h4-7H2,1-3H3,(H,12,14). The van der Waals surface area contributed by atoms with E-state index in [0.717, 1.165) is 29.9 Å². The first-order valence-corrected chi connectivity index (χ1v) is 5.33. The molecule has 0 aliphatic rings. The molecule has 0 spiro atoms. The zero-order valence-electron chi connectivity index (χ0n) is 9.59. The van der Waals surface area contributed by atoms with Gasteiger partial charge >= 0.3 is 0 Å². The molecule has 0 aromatic carbocycles. The van der Waals surface area contributed by atoms with Gasteiger partial charge in [-0.3, -0.25) is 4.79 Å². The van der Waals surface area contributed by atoms with E-state index in [2.05, 4.69) is 17.4 Å². The summed E-state index contributed by atoms with van der Waals surface area (Å²) in [6.07, 6.45) is 2.58. The number of hydrogen-bond acceptors (Lipinski definition) is 3. The van der Waals surface area contributed by atoms with Crippen LogP contribution in [0.25, 0.3) is 0 Å². The molecule has 1 aromatic rings. The molecule has 0 bridgehead atoms. The summed E-state index contributed by atoms with van der Waals surface area (Å²) in [6.45, 7) is 6.32. The molecular formula is C11H18N2O2. The molecule has 0 saturated heterocycles. The highest BCUT2D eigenvalue weighted by Crippen LogP contribution is 2.11. The van der Waals surface area contributed by atoms with Crippen LogP contribution in [-0.4, -0.2) is 11.1 Å². The molecule has 1 aromatic heterocycles. The van der Waals surface area contributed by atoms with Gasteiger partial charge in [0.25, 0.3) is 0 Å². The molecule has 1 N–H and O–H groups in total. The molecule has 0 atom stereocenters. The van der Waals surface area contributed by atoms with E-state index in [1.165, 1.54) is 0 Å². The van der Waals surface area contributed by atoms with Crippen LogP contribution in [0.5, 0.6) is 0 Å². The number of nitrogens with zero attached hydrogens (tertiary/aromatic N) is 1. The van der Waals surface area contributed by atoms with Gasteiger partial charge in [-0.05, 0) is 20.3 Å². The molecule has 1 amide bonds. The third kappa shape index (κ3) is 3.38. The Kier molecular flexibility index (Phi) is 4.34. The first-order valence-electron chi connectivity index (χ1n) is 5.33. The van der Waals surface area contributed by atoms with Gasteiger partial charge in [0.15, 0.2) is 0 Å². The second-order valence-electron chi connectivity index (χ2n) is 3.68. The van der Waals surface area contributed by atoms with E-state index in [0.29, 0.717) is 13.0 Å². The van der Waals surface area contributed by atoms with Crippen molar-refractivity contribution in [3.8, 4) is 0 Å². The van der Waals surface area contributed by atoms with Gasteiger partial charge in [0.1, 0.15) is 5.76 Å². The van der Waals surface area contributed by atoms with Crippen LogP contribution in [0.4, 0.5) is 0 Å². The number of aromatic nitrogens is 1. The van der Waals surface area contributed by atoms with Gasteiger partial charge in [-0.1, -0.05) is 18.5 Å². The van der Waals surface area contributed by atoms with Crippen LogP contribution >= 0.6 is 0 Å². The molecule has 15 heavy (non-hydrogen) atoms. The van der Waals surface area contributed by atoms with Crippen LogP contribution < -0.4 is 5.32 Å². The van der Waals surface area contributed by atoms with E-state index in [9.17, 15) is 4.79 Å². The van der Waals surface area contributed by atoms with E-state index in [1.807, 2.05) is 13.8 Å². The Morgan fingerprint density at radius 2 is 2.20 bits per heavy atom. The number of rotatable bonds is 5. The van der Waals surface area contributed by atoms with Crippen LogP contribution in [0, 0.1) is 13.8 Å². The van der Waals surface area contributed by atoms with Crippen LogP contribution in [0.2, 0.25) is 0 Å². The fourth-order valence-corrected chi connectivity index (χ4v) is 1.37. The fraction of sp³-hybridized carbons (Fsp3) is 0.636. The van der Waals surface area contributed by atoms with Crippen molar-refractivity contribution in [2.45, 2.75) is 46.6 Å². The third-order valence-corrected chi connectivity index (χ3v) is 2.40.